The molecule has 7 heteroatoms. The van der Waals surface area contributed by atoms with Gasteiger partial charge in [-0.3, -0.25) is 14.9 Å². The smallest absolute Gasteiger partial charge is 0.310 e. The van der Waals surface area contributed by atoms with E-state index in [4.69, 9.17) is 15.7 Å². The number of hydrogen-bond donors (Lipinski definition) is 1. The predicted octanol–water partition coefficient (Wildman–Crippen LogP) is 1.03. The van der Waals surface area contributed by atoms with E-state index in [-0.39, 0.29) is 36.4 Å². The molecule has 0 aromatic heterocycles. The SMILES string of the molecule is CCOC(=O)Cc1cc(CN)cc(C#N)c1[N+](=O)[O-]. The molecule has 0 saturated heterocycles. The fraction of sp³-hybridized carbons (Fsp3) is 0.333. The van der Waals surface area contributed by atoms with Crippen molar-refractivity contribution < 1.29 is 14.5 Å². The fourth-order valence-electron chi connectivity index (χ4n) is 1.68. The molecule has 1 aromatic carbocycles. The van der Waals surface area contributed by atoms with Crippen molar-refractivity contribution in [1.29, 1.82) is 5.26 Å². The van der Waals surface area contributed by atoms with Crippen LogP contribution in [-0.4, -0.2) is 17.5 Å². The number of benzene rings is 1. The molecule has 0 radical (unpaired) electrons. The maximum atomic E-state index is 11.4. The average Bonchev–Trinajstić information content (AvgIpc) is 2.37. The molecule has 100 valence electrons. The Hall–Kier alpha value is -2.46. The van der Waals surface area contributed by atoms with Crippen molar-refractivity contribution in [1.82, 2.24) is 0 Å². The Morgan fingerprint density at radius 2 is 2.26 bits per heavy atom. The first-order valence-corrected chi connectivity index (χ1v) is 5.59. The molecule has 2 N–H and O–H groups in total. The Kier molecular flexibility index (Phi) is 4.97. The second-order valence-electron chi connectivity index (χ2n) is 3.71. The van der Waals surface area contributed by atoms with Crippen LogP contribution in [0.5, 0.6) is 0 Å². The van der Waals surface area contributed by atoms with Gasteiger partial charge in [-0.2, -0.15) is 5.26 Å². The lowest BCUT2D eigenvalue weighted by molar-refractivity contribution is -0.385. The van der Waals surface area contributed by atoms with Crippen molar-refractivity contribution in [3.8, 4) is 6.07 Å². The number of nitro benzene ring substituents is 1. The van der Waals surface area contributed by atoms with Crippen LogP contribution in [0, 0.1) is 21.4 Å². The highest BCUT2D eigenvalue weighted by Crippen LogP contribution is 2.26. The Morgan fingerprint density at radius 1 is 1.58 bits per heavy atom. The second-order valence-corrected chi connectivity index (χ2v) is 3.71. The second kappa shape index (κ2) is 6.47. The number of esters is 1. The molecule has 0 aliphatic rings. The van der Waals surface area contributed by atoms with E-state index in [1.165, 1.54) is 12.1 Å². The molecule has 0 saturated carbocycles. The van der Waals surface area contributed by atoms with E-state index in [2.05, 4.69) is 0 Å². The van der Waals surface area contributed by atoms with Gasteiger partial charge in [0.1, 0.15) is 11.6 Å². The lowest BCUT2D eigenvalue weighted by atomic mass is 10.0. The van der Waals surface area contributed by atoms with E-state index in [9.17, 15) is 14.9 Å². The molecule has 0 atom stereocenters. The maximum Gasteiger partial charge on any atom is 0.310 e. The summed E-state index contributed by atoms with van der Waals surface area (Å²) in [5.74, 6) is -0.580. The molecule has 0 amide bonds. The summed E-state index contributed by atoms with van der Waals surface area (Å²) < 4.78 is 4.75. The van der Waals surface area contributed by atoms with Crippen LogP contribution in [0.4, 0.5) is 5.69 Å². The van der Waals surface area contributed by atoms with Crippen molar-refractivity contribution in [2.24, 2.45) is 5.73 Å². The lowest BCUT2D eigenvalue weighted by Crippen LogP contribution is -2.11. The van der Waals surface area contributed by atoms with Crippen molar-refractivity contribution >= 4 is 11.7 Å². The van der Waals surface area contributed by atoms with Gasteiger partial charge in [-0.1, -0.05) is 0 Å². The first kappa shape index (κ1) is 14.6. The van der Waals surface area contributed by atoms with Gasteiger partial charge in [0.05, 0.1) is 18.0 Å². The zero-order valence-electron chi connectivity index (χ0n) is 10.4. The standard InChI is InChI=1S/C12H13N3O4/c1-2-19-11(16)5-9-3-8(6-13)4-10(7-14)12(9)15(17)18/h3-4H,2,5-6,13H2,1H3. The van der Waals surface area contributed by atoms with Crippen LogP contribution in [0.3, 0.4) is 0 Å². The quantitative estimate of drug-likeness (QED) is 0.481. The summed E-state index contributed by atoms with van der Waals surface area (Å²) >= 11 is 0. The summed E-state index contributed by atoms with van der Waals surface area (Å²) in [6, 6.07) is 4.56. The summed E-state index contributed by atoms with van der Waals surface area (Å²) in [6.07, 6.45) is -0.257. The number of ether oxygens (including phenoxy) is 1. The summed E-state index contributed by atoms with van der Waals surface area (Å²) in [7, 11) is 0. The summed E-state index contributed by atoms with van der Waals surface area (Å²) in [4.78, 5) is 21.8. The van der Waals surface area contributed by atoms with Crippen LogP contribution in [0.2, 0.25) is 0 Å². The molecule has 0 heterocycles. The number of nitro groups is 1. The van der Waals surface area contributed by atoms with E-state index in [0.717, 1.165) is 0 Å². The normalized spacial score (nSPS) is 9.74. The van der Waals surface area contributed by atoms with Gasteiger partial charge < -0.3 is 10.5 Å². The molecule has 0 spiro atoms. The van der Waals surface area contributed by atoms with Crippen LogP contribution in [0.25, 0.3) is 0 Å². The van der Waals surface area contributed by atoms with E-state index in [1.807, 2.05) is 0 Å². The Bertz CT molecular complexity index is 549. The summed E-state index contributed by atoms with van der Waals surface area (Å²) in [5, 5.41) is 19.9. The predicted molar refractivity (Wildman–Crippen MR) is 66.0 cm³/mol. The zero-order chi connectivity index (χ0) is 14.4. The van der Waals surface area contributed by atoms with Gasteiger partial charge in [0.15, 0.2) is 0 Å². The summed E-state index contributed by atoms with van der Waals surface area (Å²) in [6.45, 7) is 1.96. The molecule has 1 aromatic rings. The van der Waals surface area contributed by atoms with Crippen LogP contribution in [0.1, 0.15) is 23.6 Å². The summed E-state index contributed by atoms with van der Waals surface area (Å²) in [5.41, 5.74) is 5.69. The van der Waals surface area contributed by atoms with Crippen LogP contribution in [0.15, 0.2) is 12.1 Å². The van der Waals surface area contributed by atoms with Crippen molar-refractivity contribution in [3.05, 3.63) is 38.9 Å². The van der Waals surface area contributed by atoms with Crippen LogP contribution >= 0.6 is 0 Å². The highest BCUT2D eigenvalue weighted by Gasteiger charge is 2.23. The van der Waals surface area contributed by atoms with Gasteiger partial charge in [-0.05, 0) is 24.6 Å². The Morgan fingerprint density at radius 3 is 2.74 bits per heavy atom. The molecule has 0 bridgehead atoms. The van der Waals surface area contributed by atoms with Crippen molar-refractivity contribution in [2.45, 2.75) is 19.9 Å². The van der Waals surface area contributed by atoms with Gasteiger partial charge >= 0.3 is 5.97 Å². The van der Waals surface area contributed by atoms with Crippen LogP contribution < -0.4 is 5.73 Å². The van der Waals surface area contributed by atoms with Gasteiger partial charge in [-0.15, -0.1) is 0 Å². The number of carbonyl (C=O) groups is 1. The lowest BCUT2D eigenvalue weighted by Gasteiger charge is -2.07. The third-order valence-corrected chi connectivity index (χ3v) is 2.43. The molecule has 0 aliphatic carbocycles. The minimum Gasteiger partial charge on any atom is -0.466 e. The topological polar surface area (TPSA) is 119 Å². The zero-order valence-corrected chi connectivity index (χ0v) is 10.4. The molecule has 0 aliphatic heterocycles. The van der Waals surface area contributed by atoms with E-state index in [1.54, 1.807) is 13.0 Å². The number of carbonyl (C=O) groups excluding carboxylic acids is 1. The molecular formula is C12H13N3O4. The molecule has 7 nitrogen and oxygen atoms in total. The van der Waals surface area contributed by atoms with Gasteiger partial charge in [0.2, 0.25) is 0 Å². The Labute approximate surface area is 109 Å². The molecule has 0 fully saturated rings. The van der Waals surface area contributed by atoms with E-state index < -0.39 is 10.9 Å². The fourth-order valence-corrected chi connectivity index (χ4v) is 1.68. The average molecular weight is 263 g/mol. The number of nitrogens with two attached hydrogens (primary N) is 1. The molecule has 1 rings (SSSR count). The van der Waals surface area contributed by atoms with E-state index in [0.29, 0.717) is 5.56 Å². The number of nitrogens with zero attached hydrogens (tertiary/aromatic N) is 2. The minimum absolute atomic E-state index is 0.104. The van der Waals surface area contributed by atoms with E-state index >= 15 is 0 Å². The minimum atomic E-state index is -0.673. The number of rotatable bonds is 5. The number of nitriles is 1. The molecule has 0 unspecified atom stereocenters. The van der Waals surface area contributed by atoms with Crippen LogP contribution in [-0.2, 0) is 22.5 Å². The van der Waals surface area contributed by atoms with Gasteiger partial charge in [0, 0.05) is 12.1 Å². The van der Waals surface area contributed by atoms with Crippen molar-refractivity contribution in [3.63, 3.8) is 0 Å². The highest BCUT2D eigenvalue weighted by molar-refractivity contribution is 5.75. The van der Waals surface area contributed by atoms with Crippen molar-refractivity contribution in [2.75, 3.05) is 6.61 Å². The first-order chi connectivity index (χ1) is 9.03. The van der Waals surface area contributed by atoms with Gasteiger partial charge in [0.25, 0.3) is 5.69 Å². The molecule has 19 heavy (non-hydrogen) atoms. The monoisotopic (exact) mass is 263 g/mol. The first-order valence-electron chi connectivity index (χ1n) is 5.59. The third kappa shape index (κ3) is 3.50. The number of hydrogen-bond acceptors (Lipinski definition) is 6. The third-order valence-electron chi connectivity index (χ3n) is 2.43. The Balaban J connectivity index is 3.30. The highest BCUT2D eigenvalue weighted by atomic mass is 16.6. The largest absolute Gasteiger partial charge is 0.466 e. The maximum absolute atomic E-state index is 11.4. The van der Waals surface area contributed by atoms with Gasteiger partial charge in [-0.25, -0.2) is 0 Å². The molecular weight excluding hydrogens is 250 g/mol.